The second kappa shape index (κ2) is 2.75. The number of hydrogen-bond donors (Lipinski definition) is 0. The smallest absolute Gasteiger partial charge is 0.153 e. The van der Waals surface area contributed by atoms with E-state index in [9.17, 15) is 8.42 Å². The molecule has 1 rings (SSSR count). The molecule has 0 atom stereocenters. The quantitative estimate of drug-likeness (QED) is 0.555. The molecule has 0 saturated heterocycles. The van der Waals surface area contributed by atoms with Crippen LogP contribution in [0.15, 0.2) is 0 Å². The van der Waals surface area contributed by atoms with Gasteiger partial charge in [-0.15, -0.1) is 0 Å². The summed E-state index contributed by atoms with van der Waals surface area (Å²) in [7, 11) is -2.96. The van der Waals surface area contributed by atoms with Gasteiger partial charge in [0.15, 0.2) is 9.84 Å². The van der Waals surface area contributed by atoms with Crippen LogP contribution in [0.5, 0.6) is 0 Å². The van der Waals surface area contributed by atoms with Gasteiger partial charge in [0, 0.05) is 10.8 Å². The van der Waals surface area contributed by atoms with Crippen LogP contribution in [0.4, 0.5) is 0 Å². The van der Waals surface area contributed by atoms with Crippen LogP contribution < -0.4 is 0 Å². The maximum Gasteiger partial charge on any atom is 0.153 e. The van der Waals surface area contributed by atoms with Gasteiger partial charge in [-0.05, 0) is 27.7 Å². The molecule has 0 radical (unpaired) electrons. The van der Waals surface area contributed by atoms with E-state index >= 15 is 0 Å². The highest BCUT2D eigenvalue weighted by Gasteiger charge is 2.33. The van der Waals surface area contributed by atoms with Gasteiger partial charge in [-0.1, -0.05) is 11.8 Å². The lowest BCUT2D eigenvalue weighted by Gasteiger charge is -2.17. The molecule has 3 heteroatoms. The summed E-state index contributed by atoms with van der Waals surface area (Å²) in [6.07, 6.45) is 0. The van der Waals surface area contributed by atoms with Gasteiger partial charge in [0.25, 0.3) is 0 Å². The third-order valence-electron chi connectivity index (χ3n) is 1.90. The fraction of sp³-hybridized carbons (Fsp3) is 0.800. The minimum Gasteiger partial charge on any atom is -0.229 e. The summed E-state index contributed by atoms with van der Waals surface area (Å²) < 4.78 is 23.2. The molecular weight excluding hydrogens is 184 g/mol. The monoisotopic (exact) mass is 200 g/mol. The van der Waals surface area contributed by atoms with Crippen molar-refractivity contribution in [3.63, 3.8) is 0 Å². The van der Waals surface area contributed by atoms with Gasteiger partial charge in [-0.3, -0.25) is 0 Å². The molecule has 0 spiro atoms. The molecule has 0 aromatic carbocycles. The zero-order chi connectivity index (χ0) is 10.3. The normalized spacial score (nSPS) is 28.3. The van der Waals surface area contributed by atoms with E-state index in [-0.39, 0.29) is 11.5 Å². The molecule has 0 amide bonds. The first kappa shape index (κ1) is 10.6. The predicted octanol–water partition coefficient (Wildman–Crippen LogP) is 1.47. The lowest BCUT2D eigenvalue weighted by Crippen LogP contribution is -2.27. The average Bonchev–Trinajstić information content (AvgIpc) is 1.83. The third kappa shape index (κ3) is 3.04. The van der Waals surface area contributed by atoms with Crippen LogP contribution in [0.25, 0.3) is 0 Å². The Kier molecular flexibility index (Phi) is 2.24. The summed E-state index contributed by atoms with van der Waals surface area (Å²) in [5.41, 5.74) is -0.792. The predicted molar refractivity (Wildman–Crippen MR) is 54.0 cm³/mol. The van der Waals surface area contributed by atoms with Crippen LogP contribution in [-0.2, 0) is 9.84 Å². The van der Waals surface area contributed by atoms with Crippen LogP contribution in [-0.4, -0.2) is 19.9 Å². The lowest BCUT2D eigenvalue weighted by molar-refractivity contribution is 0.525. The molecule has 0 bridgehead atoms. The highest BCUT2D eigenvalue weighted by atomic mass is 32.2. The molecule has 13 heavy (non-hydrogen) atoms. The molecule has 74 valence electrons. The van der Waals surface area contributed by atoms with Gasteiger partial charge in [0.2, 0.25) is 0 Å². The van der Waals surface area contributed by atoms with Gasteiger partial charge in [0.1, 0.15) is 0 Å². The number of rotatable bonds is 0. The first-order valence-corrected chi connectivity index (χ1v) is 6.19. The molecule has 0 N–H and O–H groups in total. The molecule has 1 aliphatic rings. The SMILES string of the molecule is CC1(C)C#CC(C)(C)CS(=O)(=O)C1. The fourth-order valence-electron chi connectivity index (χ4n) is 1.56. The van der Waals surface area contributed by atoms with Crippen molar-refractivity contribution in [3.8, 4) is 11.8 Å². The molecule has 1 heterocycles. The second-order valence-corrected chi connectivity index (χ2v) is 7.11. The minimum atomic E-state index is -2.96. The average molecular weight is 200 g/mol. The van der Waals surface area contributed by atoms with Crippen molar-refractivity contribution in [1.82, 2.24) is 0 Å². The van der Waals surface area contributed by atoms with Crippen LogP contribution in [0.3, 0.4) is 0 Å². The zero-order valence-electron chi connectivity index (χ0n) is 8.64. The largest absolute Gasteiger partial charge is 0.229 e. The topological polar surface area (TPSA) is 34.1 Å². The molecule has 1 aliphatic heterocycles. The highest BCUT2D eigenvalue weighted by molar-refractivity contribution is 7.91. The Hall–Kier alpha value is -0.490. The third-order valence-corrected chi connectivity index (χ3v) is 4.22. The van der Waals surface area contributed by atoms with E-state index in [1.165, 1.54) is 0 Å². The van der Waals surface area contributed by atoms with E-state index in [4.69, 9.17) is 0 Å². The van der Waals surface area contributed by atoms with Crippen molar-refractivity contribution in [2.24, 2.45) is 10.8 Å². The maximum absolute atomic E-state index is 11.6. The number of hydrogen-bond acceptors (Lipinski definition) is 2. The number of sulfone groups is 1. The molecule has 0 aromatic heterocycles. The van der Waals surface area contributed by atoms with E-state index in [1.54, 1.807) is 0 Å². The van der Waals surface area contributed by atoms with Gasteiger partial charge in [-0.2, -0.15) is 0 Å². The maximum atomic E-state index is 11.6. The van der Waals surface area contributed by atoms with Gasteiger partial charge in [0.05, 0.1) is 11.5 Å². The van der Waals surface area contributed by atoms with Crippen molar-refractivity contribution in [2.75, 3.05) is 11.5 Å². The van der Waals surface area contributed by atoms with Gasteiger partial charge >= 0.3 is 0 Å². The zero-order valence-corrected chi connectivity index (χ0v) is 9.46. The molecule has 2 nitrogen and oxygen atoms in total. The fourth-order valence-corrected chi connectivity index (χ4v) is 4.01. The van der Waals surface area contributed by atoms with Crippen molar-refractivity contribution < 1.29 is 8.42 Å². The van der Waals surface area contributed by atoms with Crippen molar-refractivity contribution in [2.45, 2.75) is 27.7 Å². The Balaban J connectivity index is 3.15. The minimum absolute atomic E-state index is 0.177. The first-order chi connectivity index (χ1) is 5.62. The second-order valence-electron chi connectivity index (χ2n) is 5.05. The molecular formula is C10H16O2S. The Morgan fingerprint density at radius 3 is 1.54 bits per heavy atom. The van der Waals surface area contributed by atoms with E-state index in [0.717, 1.165) is 0 Å². The Labute approximate surface area is 80.6 Å². The van der Waals surface area contributed by atoms with Crippen molar-refractivity contribution >= 4 is 9.84 Å². The van der Waals surface area contributed by atoms with E-state index in [0.29, 0.717) is 0 Å². The Morgan fingerprint density at radius 1 is 0.923 bits per heavy atom. The lowest BCUT2D eigenvalue weighted by atomic mass is 9.92. The molecule has 0 saturated carbocycles. The molecule has 0 aromatic rings. The van der Waals surface area contributed by atoms with E-state index in [1.807, 2.05) is 27.7 Å². The summed E-state index contributed by atoms with van der Waals surface area (Å²) in [6, 6.07) is 0. The highest BCUT2D eigenvalue weighted by Crippen LogP contribution is 2.27. The van der Waals surface area contributed by atoms with Crippen LogP contribution >= 0.6 is 0 Å². The first-order valence-electron chi connectivity index (χ1n) is 4.37. The van der Waals surface area contributed by atoms with Crippen molar-refractivity contribution in [3.05, 3.63) is 0 Å². The van der Waals surface area contributed by atoms with Crippen molar-refractivity contribution in [1.29, 1.82) is 0 Å². The van der Waals surface area contributed by atoms with Crippen LogP contribution in [0.1, 0.15) is 27.7 Å². The molecule has 0 fully saturated rings. The van der Waals surface area contributed by atoms with E-state index in [2.05, 4.69) is 11.8 Å². The Bertz CT molecular complexity index is 335. The molecule has 0 unspecified atom stereocenters. The summed E-state index contributed by atoms with van der Waals surface area (Å²) in [4.78, 5) is 0. The van der Waals surface area contributed by atoms with Crippen LogP contribution in [0, 0.1) is 22.7 Å². The summed E-state index contributed by atoms with van der Waals surface area (Å²) in [5, 5.41) is 0. The summed E-state index contributed by atoms with van der Waals surface area (Å²) in [5.74, 6) is 6.43. The summed E-state index contributed by atoms with van der Waals surface area (Å²) >= 11 is 0. The molecule has 0 aliphatic carbocycles. The van der Waals surface area contributed by atoms with Crippen LogP contribution in [0.2, 0.25) is 0 Å². The standard InChI is InChI=1S/C10H16O2S/c1-9(2)5-6-10(3,4)8-13(11,12)7-9/h7-8H2,1-4H3. The van der Waals surface area contributed by atoms with Gasteiger partial charge < -0.3 is 0 Å². The van der Waals surface area contributed by atoms with Gasteiger partial charge in [-0.25, -0.2) is 8.42 Å². The Morgan fingerprint density at radius 2 is 1.23 bits per heavy atom. The van der Waals surface area contributed by atoms with E-state index < -0.39 is 20.7 Å². The summed E-state index contributed by atoms with van der Waals surface area (Å²) in [6.45, 7) is 7.50.